The molecule has 0 aromatic carbocycles. The van der Waals surface area contributed by atoms with Crippen LogP contribution in [0.5, 0.6) is 0 Å². The fourth-order valence-corrected chi connectivity index (χ4v) is 4.75. The van der Waals surface area contributed by atoms with Gasteiger partial charge in [-0.05, 0) is 38.6 Å². The van der Waals surface area contributed by atoms with Gasteiger partial charge in [0.25, 0.3) is 0 Å². The number of carbonyl (C=O) groups is 2. The average molecular weight is 364 g/mol. The minimum Gasteiger partial charge on any atom is -0.378 e. The van der Waals surface area contributed by atoms with E-state index in [1.165, 1.54) is 12.8 Å². The number of fused-ring (bicyclic) bond motifs is 1. The molecule has 1 saturated carbocycles. The van der Waals surface area contributed by atoms with Gasteiger partial charge in [-0.25, -0.2) is 0 Å². The summed E-state index contributed by atoms with van der Waals surface area (Å²) >= 11 is 0. The van der Waals surface area contributed by atoms with Crippen molar-refractivity contribution >= 4 is 11.8 Å². The number of likely N-dealkylation sites (tertiary alicyclic amines) is 1. The molecule has 3 unspecified atom stereocenters. The number of nitrogens with zero attached hydrogens (tertiary/aromatic N) is 3. The largest absolute Gasteiger partial charge is 0.378 e. The molecule has 4 aliphatic rings. The molecular weight excluding hydrogens is 332 g/mol. The molecule has 0 radical (unpaired) electrons. The predicted molar refractivity (Wildman–Crippen MR) is 97.7 cm³/mol. The lowest BCUT2D eigenvalue weighted by Gasteiger charge is -2.33. The second-order valence-electron chi connectivity index (χ2n) is 8.34. The van der Waals surface area contributed by atoms with E-state index < -0.39 is 0 Å². The fraction of sp³-hybridized carbons (Fsp3) is 0.895. The van der Waals surface area contributed by atoms with Gasteiger partial charge in [0.15, 0.2) is 0 Å². The van der Waals surface area contributed by atoms with E-state index in [2.05, 4.69) is 22.2 Å². The summed E-state index contributed by atoms with van der Waals surface area (Å²) in [6.07, 6.45) is 5.04. The van der Waals surface area contributed by atoms with Crippen LogP contribution in [0.4, 0.5) is 0 Å². The van der Waals surface area contributed by atoms with E-state index in [0.717, 1.165) is 31.8 Å². The number of ether oxygens (including phenoxy) is 1. The molecule has 0 aromatic heterocycles. The first kappa shape index (κ1) is 18.2. The number of rotatable bonds is 5. The van der Waals surface area contributed by atoms with Gasteiger partial charge in [0.2, 0.25) is 11.8 Å². The van der Waals surface area contributed by atoms with Gasteiger partial charge < -0.3 is 15.0 Å². The van der Waals surface area contributed by atoms with Crippen LogP contribution in [-0.2, 0) is 14.3 Å². The first-order chi connectivity index (χ1) is 12.6. The second-order valence-corrected chi connectivity index (χ2v) is 8.34. The molecule has 3 saturated heterocycles. The number of likely N-dealkylation sites (N-methyl/N-ethyl adjacent to an activating group) is 1. The van der Waals surface area contributed by atoms with Crippen LogP contribution in [0, 0.1) is 5.92 Å². The van der Waals surface area contributed by atoms with Gasteiger partial charge >= 0.3 is 0 Å². The third-order valence-electron chi connectivity index (χ3n) is 6.59. The zero-order valence-electron chi connectivity index (χ0n) is 15.9. The van der Waals surface area contributed by atoms with Crippen LogP contribution in [0.1, 0.15) is 32.1 Å². The molecule has 0 bridgehead atoms. The highest BCUT2D eigenvalue weighted by molar-refractivity contribution is 5.83. The monoisotopic (exact) mass is 364 g/mol. The Morgan fingerprint density at radius 1 is 1.19 bits per heavy atom. The first-order valence-electron chi connectivity index (χ1n) is 10.2. The smallest absolute Gasteiger partial charge is 0.239 e. The summed E-state index contributed by atoms with van der Waals surface area (Å²) in [5.74, 6) is 1.20. The number of nitrogens with one attached hydrogen (secondary N) is 1. The second kappa shape index (κ2) is 7.82. The highest BCUT2D eigenvalue weighted by Gasteiger charge is 2.46. The summed E-state index contributed by atoms with van der Waals surface area (Å²) in [5.41, 5.74) is 0. The minimum atomic E-state index is -0.0134. The Bertz CT molecular complexity index is 533. The minimum absolute atomic E-state index is 0.0134. The van der Waals surface area contributed by atoms with E-state index in [-0.39, 0.29) is 29.9 Å². The highest BCUT2D eigenvalue weighted by Crippen LogP contribution is 2.34. The lowest BCUT2D eigenvalue weighted by atomic mass is 10.0. The topological polar surface area (TPSA) is 65.1 Å². The number of hydrogen-bond acceptors (Lipinski definition) is 5. The fourth-order valence-electron chi connectivity index (χ4n) is 4.75. The molecule has 4 rings (SSSR count). The van der Waals surface area contributed by atoms with E-state index in [4.69, 9.17) is 4.74 Å². The van der Waals surface area contributed by atoms with Crippen molar-refractivity contribution < 1.29 is 14.3 Å². The molecule has 3 aliphatic heterocycles. The lowest BCUT2D eigenvalue weighted by molar-refractivity contribution is -0.135. The number of hydrogen-bond donors (Lipinski definition) is 1. The molecule has 4 fully saturated rings. The molecule has 1 N–H and O–H groups in total. The maximum Gasteiger partial charge on any atom is 0.239 e. The Balaban J connectivity index is 1.34. The van der Waals surface area contributed by atoms with Crippen LogP contribution in [-0.4, -0.2) is 97.6 Å². The van der Waals surface area contributed by atoms with Gasteiger partial charge in [-0.3, -0.25) is 19.4 Å². The van der Waals surface area contributed by atoms with Crippen LogP contribution >= 0.6 is 0 Å². The molecule has 3 heterocycles. The van der Waals surface area contributed by atoms with Crippen LogP contribution in [0.15, 0.2) is 0 Å². The Labute approximate surface area is 156 Å². The van der Waals surface area contributed by atoms with Crippen molar-refractivity contribution in [2.75, 3.05) is 53.0 Å². The van der Waals surface area contributed by atoms with E-state index in [0.29, 0.717) is 39.3 Å². The standard InChI is InChI=1S/C19H32N4O3/c1-21-15(4-5-17(24)22-8-10-26-11-9-22)12-20-19(25)18-16(21)6-7-23(18)13-14-2-3-14/h14-16,18H,2-13H2,1H3,(H,20,25). The van der Waals surface area contributed by atoms with Crippen molar-refractivity contribution in [3.63, 3.8) is 0 Å². The molecule has 7 heteroatoms. The van der Waals surface area contributed by atoms with Gasteiger partial charge in [-0.2, -0.15) is 0 Å². The summed E-state index contributed by atoms with van der Waals surface area (Å²) in [4.78, 5) is 31.9. The summed E-state index contributed by atoms with van der Waals surface area (Å²) < 4.78 is 5.32. The molecule has 26 heavy (non-hydrogen) atoms. The SMILES string of the molecule is CN1C(CCC(=O)N2CCOCC2)CNC(=O)C2C1CCN2CC1CC1. The molecule has 1 aliphatic carbocycles. The number of morpholine rings is 1. The maximum absolute atomic E-state index is 12.7. The van der Waals surface area contributed by atoms with Crippen molar-refractivity contribution in [2.24, 2.45) is 5.92 Å². The Morgan fingerprint density at radius 2 is 1.96 bits per heavy atom. The summed E-state index contributed by atoms with van der Waals surface area (Å²) in [6, 6.07) is 0.500. The van der Waals surface area contributed by atoms with Gasteiger partial charge in [0, 0.05) is 51.2 Å². The third-order valence-corrected chi connectivity index (χ3v) is 6.59. The van der Waals surface area contributed by atoms with Crippen molar-refractivity contribution in [1.82, 2.24) is 20.0 Å². The third kappa shape index (κ3) is 3.89. The highest BCUT2D eigenvalue weighted by atomic mass is 16.5. The number of amides is 2. The molecule has 0 aromatic rings. The Morgan fingerprint density at radius 3 is 2.69 bits per heavy atom. The molecule has 7 nitrogen and oxygen atoms in total. The van der Waals surface area contributed by atoms with Gasteiger partial charge in [-0.1, -0.05) is 0 Å². The quantitative estimate of drug-likeness (QED) is 0.739. The molecular formula is C19H32N4O3. The van der Waals surface area contributed by atoms with Crippen LogP contribution in [0.25, 0.3) is 0 Å². The maximum atomic E-state index is 12.7. The van der Waals surface area contributed by atoms with Gasteiger partial charge in [0.05, 0.1) is 13.2 Å². The predicted octanol–water partition coefficient (Wildman–Crippen LogP) is -0.0915. The van der Waals surface area contributed by atoms with Crippen molar-refractivity contribution in [2.45, 2.75) is 50.2 Å². The van der Waals surface area contributed by atoms with Crippen molar-refractivity contribution in [3.8, 4) is 0 Å². The van der Waals surface area contributed by atoms with Crippen LogP contribution < -0.4 is 5.32 Å². The van der Waals surface area contributed by atoms with Crippen LogP contribution in [0.3, 0.4) is 0 Å². The Kier molecular flexibility index (Phi) is 5.47. The van der Waals surface area contributed by atoms with E-state index in [1.54, 1.807) is 0 Å². The lowest BCUT2D eigenvalue weighted by Crippen LogP contribution is -2.50. The van der Waals surface area contributed by atoms with Gasteiger partial charge in [-0.15, -0.1) is 0 Å². The summed E-state index contributed by atoms with van der Waals surface area (Å²) in [7, 11) is 2.14. The number of carbonyl (C=O) groups excluding carboxylic acids is 2. The molecule has 3 atom stereocenters. The molecule has 146 valence electrons. The zero-order valence-corrected chi connectivity index (χ0v) is 15.9. The normalized spacial score (nSPS) is 33.7. The van der Waals surface area contributed by atoms with E-state index in [9.17, 15) is 9.59 Å². The molecule has 0 spiro atoms. The zero-order chi connectivity index (χ0) is 18.1. The van der Waals surface area contributed by atoms with E-state index >= 15 is 0 Å². The van der Waals surface area contributed by atoms with Crippen LogP contribution in [0.2, 0.25) is 0 Å². The van der Waals surface area contributed by atoms with Crippen molar-refractivity contribution in [1.29, 1.82) is 0 Å². The first-order valence-corrected chi connectivity index (χ1v) is 10.2. The molecule has 2 amide bonds. The van der Waals surface area contributed by atoms with Crippen molar-refractivity contribution in [3.05, 3.63) is 0 Å². The average Bonchev–Trinajstić information content (AvgIpc) is 3.39. The summed E-state index contributed by atoms with van der Waals surface area (Å²) in [5, 5.41) is 3.16. The summed E-state index contributed by atoms with van der Waals surface area (Å²) in [6.45, 7) is 5.44. The van der Waals surface area contributed by atoms with Gasteiger partial charge in [0.1, 0.15) is 6.04 Å². The van der Waals surface area contributed by atoms with E-state index in [1.807, 2.05) is 4.90 Å². The Hall–Kier alpha value is -1.18.